The summed E-state index contributed by atoms with van der Waals surface area (Å²) in [5.41, 5.74) is 0.999. The maximum absolute atomic E-state index is 10.6. The lowest BCUT2D eigenvalue weighted by atomic mass is 9.86. The lowest BCUT2D eigenvalue weighted by Crippen LogP contribution is -2.26. The van der Waals surface area contributed by atoms with Gasteiger partial charge in [0.15, 0.2) is 0 Å². The molecule has 0 N–H and O–H groups in total. The molecule has 0 saturated carbocycles. The zero-order valence-electron chi connectivity index (χ0n) is 8.87. The number of rotatable bonds is 4. The van der Waals surface area contributed by atoms with Gasteiger partial charge >= 0.3 is 0 Å². The summed E-state index contributed by atoms with van der Waals surface area (Å²) in [5.74, 6) is -0.750. The fourth-order valence-electron chi connectivity index (χ4n) is 1.63. The molecule has 0 aliphatic carbocycles. The SMILES string of the molecule is CC(C)[C@@H](CC(=O)[O-])c1ccc(Cl)cc1. The number of carbonyl (C=O) groups is 1. The van der Waals surface area contributed by atoms with E-state index < -0.39 is 5.97 Å². The first-order valence-corrected chi connectivity index (χ1v) is 5.34. The molecule has 82 valence electrons. The van der Waals surface area contributed by atoms with Crippen molar-refractivity contribution in [3.8, 4) is 0 Å². The minimum absolute atomic E-state index is 0.00716. The maximum Gasteiger partial charge on any atom is 0.0420 e. The van der Waals surface area contributed by atoms with E-state index in [0.29, 0.717) is 5.02 Å². The van der Waals surface area contributed by atoms with Crippen LogP contribution in [0.1, 0.15) is 31.7 Å². The van der Waals surface area contributed by atoms with E-state index in [1.165, 1.54) is 0 Å². The van der Waals surface area contributed by atoms with Gasteiger partial charge in [0, 0.05) is 11.0 Å². The van der Waals surface area contributed by atoms with Crippen molar-refractivity contribution in [1.82, 2.24) is 0 Å². The second-order valence-electron chi connectivity index (χ2n) is 3.98. The van der Waals surface area contributed by atoms with Crippen LogP contribution in [0, 0.1) is 5.92 Å². The fraction of sp³-hybridized carbons (Fsp3) is 0.417. The molecule has 0 radical (unpaired) electrons. The van der Waals surface area contributed by atoms with Crippen molar-refractivity contribution in [3.63, 3.8) is 0 Å². The topological polar surface area (TPSA) is 40.1 Å². The van der Waals surface area contributed by atoms with Gasteiger partial charge in [0.2, 0.25) is 0 Å². The molecule has 0 spiro atoms. The summed E-state index contributed by atoms with van der Waals surface area (Å²) >= 11 is 5.77. The Morgan fingerprint density at radius 1 is 1.33 bits per heavy atom. The van der Waals surface area contributed by atoms with Crippen molar-refractivity contribution in [2.45, 2.75) is 26.2 Å². The third-order valence-corrected chi connectivity index (χ3v) is 2.74. The number of hydrogen-bond donors (Lipinski definition) is 0. The molecule has 1 rings (SSSR count). The molecule has 1 atom stereocenters. The molecule has 1 aromatic carbocycles. The van der Waals surface area contributed by atoms with Gasteiger partial charge in [-0.2, -0.15) is 0 Å². The Balaban J connectivity index is 2.88. The summed E-state index contributed by atoms with van der Waals surface area (Å²) in [7, 11) is 0. The average molecular weight is 226 g/mol. The van der Waals surface area contributed by atoms with Crippen molar-refractivity contribution in [1.29, 1.82) is 0 Å². The number of hydrogen-bond acceptors (Lipinski definition) is 2. The highest BCUT2D eigenvalue weighted by Gasteiger charge is 2.15. The smallest absolute Gasteiger partial charge is 0.0420 e. The normalized spacial score (nSPS) is 12.8. The lowest BCUT2D eigenvalue weighted by Gasteiger charge is -2.21. The van der Waals surface area contributed by atoms with E-state index in [4.69, 9.17) is 11.6 Å². The molecule has 0 amide bonds. The van der Waals surface area contributed by atoms with Gasteiger partial charge in [-0.3, -0.25) is 0 Å². The molecule has 0 fully saturated rings. The fourth-order valence-corrected chi connectivity index (χ4v) is 1.75. The standard InChI is InChI=1S/C12H15ClO2/c1-8(2)11(7-12(14)15)9-3-5-10(13)6-4-9/h3-6,8,11H,7H2,1-2H3,(H,14,15)/p-1/t11-/m1/s1. The van der Waals surface area contributed by atoms with Crippen molar-refractivity contribution < 1.29 is 9.90 Å². The van der Waals surface area contributed by atoms with E-state index in [-0.39, 0.29) is 18.3 Å². The molecular formula is C12H14ClO2-. The summed E-state index contributed by atoms with van der Waals surface area (Å²) in [6, 6.07) is 7.30. The van der Waals surface area contributed by atoms with Gasteiger partial charge in [0.05, 0.1) is 0 Å². The van der Waals surface area contributed by atoms with Crippen molar-refractivity contribution in [3.05, 3.63) is 34.9 Å². The first-order chi connectivity index (χ1) is 7.00. The maximum atomic E-state index is 10.6. The number of carbonyl (C=O) groups excluding carboxylic acids is 1. The number of benzene rings is 1. The third kappa shape index (κ3) is 3.56. The Hall–Kier alpha value is -1.02. The summed E-state index contributed by atoms with van der Waals surface area (Å²) in [4.78, 5) is 10.6. The summed E-state index contributed by atoms with van der Waals surface area (Å²) < 4.78 is 0. The molecule has 0 aromatic heterocycles. The van der Waals surface area contributed by atoms with Crippen LogP contribution < -0.4 is 5.11 Å². The van der Waals surface area contributed by atoms with Crippen molar-refractivity contribution in [2.75, 3.05) is 0 Å². The van der Waals surface area contributed by atoms with Crippen LogP contribution in [0.3, 0.4) is 0 Å². The van der Waals surface area contributed by atoms with Crippen LogP contribution in [0.5, 0.6) is 0 Å². The highest BCUT2D eigenvalue weighted by Crippen LogP contribution is 2.28. The van der Waals surface area contributed by atoms with Crippen LogP contribution in [0.15, 0.2) is 24.3 Å². The van der Waals surface area contributed by atoms with E-state index in [2.05, 4.69) is 0 Å². The number of carboxylic acid groups (broad SMARTS) is 1. The van der Waals surface area contributed by atoms with Crippen LogP contribution >= 0.6 is 11.6 Å². The predicted molar refractivity (Wildman–Crippen MR) is 58.7 cm³/mol. The molecule has 15 heavy (non-hydrogen) atoms. The molecule has 3 heteroatoms. The number of halogens is 1. The molecule has 0 aliphatic heterocycles. The van der Waals surface area contributed by atoms with Crippen LogP contribution in [-0.4, -0.2) is 5.97 Å². The third-order valence-electron chi connectivity index (χ3n) is 2.49. The summed E-state index contributed by atoms with van der Waals surface area (Å²) in [6.45, 7) is 4.00. The Bertz CT molecular complexity index is 330. The Morgan fingerprint density at radius 2 is 1.87 bits per heavy atom. The van der Waals surface area contributed by atoms with E-state index >= 15 is 0 Å². The Morgan fingerprint density at radius 3 is 2.27 bits per heavy atom. The van der Waals surface area contributed by atoms with Crippen LogP contribution in [0.25, 0.3) is 0 Å². The van der Waals surface area contributed by atoms with E-state index in [1.54, 1.807) is 12.1 Å². The van der Waals surface area contributed by atoms with E-state index in [0.717, 1.165) is 5.56 Å². The Kier molecular flexibility index (Phi) is 4.15. The van der Waals surface area contributed by atoms with Gasteiger partial charge in [-0.05, 0) is 36.0 Å². The zero-order chi connectivity index (χ0) is 11.4. The average Bonchev–Trinajstić information content (AvgIpc) is 2.15. The minimum atomic E-state index is -1.01. The summed E-state index contributed by atoms with van der Waals surface area (Å²) in [5, 5.41) is 11.3. The molecular weight excluding hydrogens is 212 g/mol. The van der Waals surface area contributed by atoms with Gasteiger partial charge < -0.3 is 9.90 Å². The van der Waals surface area contributed by atoms with Gasteiger partial charge in [-0.15, -0.1) is 0 Å². The molecule has 1 aromatic rings. The number of aliphatic carboxylic acids is 1. The zero-order valence-corrected chi connectivity index (χ0v) is 9.62. The predicted octanol–water partition coefficient (Wildman–Crippen LogP) is 2.22. The van der Waals surface area contributed by atoms with Gasteiger partial charge in [-0.1, -0.05) is 37.6 Å². The number of carboxylic acids is 1. The van der Waals surface area contributed by atoms with Crippen LogP contribution in [0.4, 0.5) is 0 Å². The van der Waals surface area contributed by atoms with E-state index in [1.807, 2.05) is 26.0 Å². The van der Waals surface area contributed by atoms with E-state index in [9.17, 15) is 9.90 Å². The lowest BCUT2D eigenvalue weighted by molar-refractivity contribution is -0.306. The molecule has 2 nitrogen and oxygen atoms in total. The first-order valence-electron chi connectivity index (χ1n) is 4.96. The van der Waals surface area contributed by atoms with Crippen LogP contribution in [0.2, 0.25) is 5.02 Å². The van der Waals surface area contributed by atoms with Gasteiger partial charge in [0.1, 0.15) is 0 Å². The highest BCUT2D eigenvalue weighted by atomic mass is 35.5. The Labute approximate surface area is 94.9 Å². The second-order valence-corrected chi connectivity index (χ2v) is 4.41. The van der Waals surface area contributed by atoms with Crippen molar-refractivity contribution in [2.24, 2.45) is 5.92 Å². The first kappa shape index (κ1) is 12.1. The van der Waals surface area contributed by atoms with Crippen molar-refractivity contribution >= 4 is 17.6 Å². The molecule has 0 unspecified atom stereocenters. The second kappa shape index (κ2) is 5.17. The van der Waals surface area contributed by atoms with Gasteiger partial charge in [-0.25, -0.2) is 0 Å². The minimum Gasteiger partial charge on any atom is -0.550 e. The van der Waals surface area contributed by atoms with Crippen LogP contribution in [-0.2, 0) is 4.79 Å². The molecule has 0 aliphatic rings. The molecule has 0 bridgehead atoms. The largest absolute Gasteiger partial charge is 0.550 e. The quantitative estimate of drug-likeness (QED) is 0.789. The molecule has 0 heterocycles. The summed E-state index contributed by atoms with van der Waals surface area (Å²) in [6.07, 6.45) is 0.0549. The van der Waals surface area contributed by atoms with Gasteiger partial charge in [0.25, 0.3) is 0 Å². The molecule has 0 saturated heterocycles. The highest BCUT2D eigenvalue weighted by molar-refractivity contribution is 6.30. The monoisotopic (exact) mass is 225 g/mol.